The van der Waals surface area contributed by atoms with Crippen molar-refractivity contribution >= 4 is 22.5 Å². The van der Waals surface area contributed by atoms with Crippen LogP contribution in [0.4, 0.5) is 0 Å². The summed E-state index contributed by atoms with van der Waals surface area (Å²) in [6.45, 7) is 3.09. The van der Waals surface area contributed by atoms with E-state index >= 15 is 0 Å². The predicted molar refractivity (Wildman–Crippen MR) is 69.6 cm³/mol. The molecule has 0 atom stereocenters. The summed E-state index contributed by atoms with van der Waals surface area (Å²) in [6, 6.07) is 11.4. The molecule has 0 N–H and O–H groups in total. The van der Waals surface area contributed by atoms with Crippen molar-refractivity contribution in [1.29, 1.82) is 0 Å². The molecule has 0 amide bonds. The number of carbonyl (C=O) groups is 2. The molecule has 0 saturated heterocycles. The van der Waals surface area contributed by atoms with Gasteiger partial charge in [-0.05, 0) is 23.3 Å². The Hall–Kier alpha value is -2.16. The first kappa shape index (κ1) is 12.3. The number of esters is 1. The van der Waals surface area contributed by atoms with Crippen LogP contribution < -0.4 is 0 Å². The molecule has 0 aliphatic carbocycles. The lowest BCUT2D eigenvalue weighted by molar-refractivity contribution is -0.139. The van der Waals surface area contributed by atoms with Gasteiger partial charge in [-0.2, -0.15) is 0 Å². The fraction of sp³-hybridized carbons (Fsp3) is 0.200. The quantitative estimate of drug-likeness (QED) is 0.614. The first-order valence-corrected chi connectivity index (χ1v) is 5.74. The van der Waals surface area contributed by atoms with Gasteiger partial charge in [0, 0.05) is 12.5 Å². The van der Waals surface area contributed by atoms with Gasteiger partial charge >= 0.3 is 5.97 Å². The second-order valence-corrected chi connectivity index (χ2v) is 4.18. The lowest BCUT2D eigenvalue weighted by Crippen LogP contribution is -2.12. The van der Waals surface area contributed by atoms with Crippen LogP contribution in [0.5, 0.6) is 0 Å². The minimum absolute atomic E-state index is 0.179. The van der Waals surface area contributed by atoms with Crippen molar-refractivity contribution in [2.75, 3.05) is 6.61 Å². The van der Waals surface area contributed by atoms with Gasteiger partial charge in [-0.15, -0.1) is 0 Å². The lowest BCUT2D eigenvalue weighted by atomic mass is 9.98. The third-order valence-electron chi connectivity index (χ3n) is 2.85. The molecule has 3 nitrogen and oxygen atoms in total. The van der Waals surface area contributed by atoms with E-state index in [-0.39, 0.29) is 12.4 Å². The molecule has 0 aliphatic rings. The smallest absolute Gasteiger partial charge is 0.303 e. The number of rotatable bonds is 3. The summed E-state index contributed by atoms with van der Waals surface area (Å²) in [6.07, 6.45) is 0. The minimum Gasteiger partial charge on any atom is -0.457 e. The summed E-state index contributed by atoms with van der Waals surface area (Å²) in [5.41, 5.74) is 1.71. The van der Waals surface area contributed by atoms with Gasteiger partial charge < -0.3 is 4.74 Å². The number of aryl methyl sites for hydroxylation is 1. The van der Waals surface area contributed by atoms with E-state index in [0.717, 1.165) is 16.3 Å². The van der Waals surface area contributed by atoms with E-state index < -0.39 is 5.97 Å². The van der Waals surface area contributed by atoms with Crippen LogP contribution in [0.25, 0.3) is 10.8 Å². The molecule has 2 aromatic rings. The standard InChI is InChI=1S/C15H14O3/c1-10-7-8-14(15(17)9-18-11(2)16)13-6-4-3-5-12(10)13/h3-8H,9H2,1-2H3. The fourth-order valence-corrected chi connectivity index (χ4v) is 1.94. The molecule has 0 radical (unpaired) electrons. The molecule has 0 spiro atoms. The number of Topliss-reactive ketones (excluding diaryl/α,β-unsaturated/α-hetero) is 1. The van der Waals surface area contributed by atoms with Gasteiger partial charge in [0.25, 0.3) is 0 Å². The van der Waals surface area contributed by atoms with Gasteiger partial charge in [0.1, 0.15) is 0 Å². The minimum atomic E-state index is -0.445. The van der Waals surface area contributed by atoms with Crippen LogP contribution in [0.15, 0.2) is 36.4 Å². The second-order valence-electron chi connectivity index (χ2n) is 4.18. The predicted octanol–water partition coefficient (Wildman–Crippen LogP) is 2.89. The van der Waals surface area contributed by atoms with Crippen molar-refractivity contribution in [1.82, 2.24) is 0 Å². The lowest BCUT2D eigenvalue weighted by Gasteiger charge is -2.08. The van der Waals surface area contributed by atoms with Crippen LogP contribution in [0.1, 0.15) is 22.8 Å². The molecule has 0 bridgehead atoms. The molecule has 2 aromatic carbocycles. The Morgan fingerprint density at radius 3 is 2.39 bits per heavy atom. The van der Waals surface area contributed by atoms with Crippen LogP contribution in [0.2, 0.25) is 0 Å². The summed E-state index contributed by atoms with van der Waals surface area (Å²) in [4.78, 5) is 22.7. The maximum Gasteiger partial charge on any atom is 0.303 e. The van der Waals surface area contributed by atoms with E-state index in [2.05, 4.69) is 0 Å². The second kappa shape index (κ2) is 5.00. The average Bonchev–Trinajstić information content (AvgIpc) is 2.37. The average molecular weight is 242 g/mol. The molecule has 92 valence electrons. The number of ketones is 1. The highest BCUT2D eigenvalue weighted by atomic mass is 16.5. The van der Waals surface area contributed by atoms with Crippen LogP contribution in [0, 0.1) is 6.92 Å². The Kier molecular flexibility index (Phi) is 3.42. The maximum atomic E-state index is 12.0. The summed E-state index contributed by atoms with van der Waals surface area (Å²) >= 11 is 0. The van der Waals surface area contributed by atoms with Gasteiger partial charge in [0.2, 0.25) is 5.78 Å². The Labute approximate surface area is 105 Å². The van der Waals surface area contributed by atoms with Crippen molar-refractivity contribution in [3.8, 4) is 0 Å². The van der Waals surface area contributed by atoms with Gasteiger partial charge in [-0.1, -0.05) is 36.4 Å². The van der Waals surface area contributed by atoms with Crippen molar-refractivity contribution in [2.45, 2.75) is 13.8 Å². The number of benzene rings is 2. The Morgan fingerprint density at radius 1 is 1.06 bits per heavy atom. The molecule has 0 fully saturated rings. The van der Waals surface area contributed by atoms with Crippen LogP contribution in [0.3, 0.4) is 0 Å². The largest absolute Gasteiger partial charge is 0.457 e. The van der Waals surface area contributed by atoms with Crippen molar-refractivity contribution in [2.24, 2.45) is 0 Å². The molecule has 0 aliphatic heterocycles. The van der Waals surface area contributed by atoms with Gasteiger partial charge in [0.15, 0.2) is 6.61 Å². The number of hydrogen-bond acceptors (Lipinski definition) is 3. The topological polar surface area (TPSA) is 43.4 Å². The summed E-state index contributed by atoms with van der Waals surface area (Å²) in [5, 5.41) is 1.95. The first-order valence-electron chi connectivity index (χ1n) is 5.74. The Morgan fingerprint density at radius 2 is 1.72 bits per heavy atom. The van der Waals surface area contributed by atoms with Crippen LogP contribution in [-0.4, -0.2) is 18.4 Å². The molecule has 18 heavy (non-hydrogen) atoms. The molecular weight excluding hydrogens is 228 g/mol. The molecular formula is C15H14O3. The third-order valence-corrected chi connectivity index (χ3v) is 2.85. The summed E-state index contributed by atoms with van der Waals surface area (Å²) in [7, 11) is 0. The SMILES string of the molecule is CC(=O)OCC(=O)c1ccc(C)c2ccccc12. The molecule has 0 saturated carbocycles. The zero-order valence-corrected chi connectivity index (χ0v) is 10.4. The highest BCUT2D eigenvalue weighted by Crippen LogP contribution is 2.22. The Bertz CT molecular complexity index is 614. The fourth-order valence-electron chi connectivity index (χ4n) is 1.94. The molecule has 3 heteroatoms. The molecule has 0 heterocycles. The third kappa shape index (κ3) is 2.40. The summed E-state index contributed by atoms with van der Waals surface area (Å²) in [5.74, 6) is -0.624. The van der Waals surface area contributed by atoms with E-state index in [1.165, 1.54) is 6.92 Å². The summed E-state index contributed by atoms with van der Waals surface area (Å²) < 4.78 is 4.75. The van der Waals surface area contributed by atoms with Crippen molar-refractivity contribution < 1.29 is 14.3 Å². The highest BCUT2D eigenvalue weighted by Gasteiger charge is 2.12. The van der Waals surface area contributed by atoms with Gasteiger partial charge in [-0.3, -0.25) is 9.59 Å². The maximum absolute atomic E-state index is 12.0. The van der Waals surface area contributed by atoms with Crippen molar-refractivity contribution in [3.05, 3.63) is 47.5 Å². The van der Waals surface area contributed by atoms with E-state index in [0.29, 0.717) is 5.56 Å². The number of hydrogen-bond donors (Lipinski definition) is 0. The van der Waals surface area contributed by atoms with E-state index in [9.17, 15) is 9.59 Å². The number of fused-ring (bicyclic) bond motifs is 1. The van der Waals surface area contributed by atoms with E-state index in [1.54, 1.807) is 6.07 Å². The zero-order valence-electron chi connectivity index (χ0n) is 10.4. The van der Waals surface area contributed by atoms with Crippen LogP contribution >= 0.6 is 0 Å². The van der Waals surface area contributed by atoms with Crippen LogP contribution in [-0.2, 0) is 9.53 Å². The molecule has 0 aromatic heterocycles. The number of carbonyl (C=O) groups excluding carboxylic acids is 2. The zero-order chi connectivity index (χ0) is 13.1. The van der Waals surface area contributed by atoms with Crippen molar-refractivity contribution in [3.63, 3.8) is 0 Å². The van der Waals surface area contributed by atoms with E-state index in [4.69, 9.17) is 4.74 Å². The van der Waals surface area contributed by atoms with Gasteiger partial charge in [-0.25, -0.2) is 0 Å². The monoisotopic (exact) mass is 242 g/mol. The molecule has 2 rings (SSSR count). The normalized spacial score (nSPS) is 10.3. The van der Waals surface area contributed by atoms with E-state index in [1.807, 2.05) is 37.3 Å². The first-order chi connectivity index (χ1) is 8.59. The van der Waals surface area contributed by atoms with Gasteiger partial charge in [0.05, 0.1) is 0 Å². The molecule has 0 unspecified atom stereocenters. The number of ether oxygens (including phenoxy) is 1. The highest BCUT2D eigenvalue weighted by molar-refractivity contribution is 6.09. The Balaban J connectivity index is 2.42.